The summed E-state index contributed by atoms with van der Waals surface area (Å²) >= 11 is 0. The summed E-state index contributed by atoms with van der Waals surface area (Å²) in [6.45, 7) is 7.19. The maximum atomic E-state index is 12.6. The Hall–Kier alpha value is -2.82. The van der Waals surface area contributed by atoms with Gasteiger partial charge in [0, 0.05) is 25.7 Å². The Morgan fingerprint density at radius 3 is 2.70 bits per heavy atom. The summed E-state index contributed by atoms with van der Waals surface area (Å²) in [5.74, 6) is 0.855. The third-order valence-electron chi connectivity index (χ3n) is 5.06. The fourth-order valence-corrected chi connectivity index (χ4v) is 3.42. The molecule has 0 saturated carbocycles. The van der Waals surface area contributed by atoms with E-state index in [9.17, 15) is 9.59 Å². The Labute approximate surface area is 160 Å². The first-order valence-corrected chi connectivity index (χ1v) is 9.31. The molecule has 3 rings (SSSR count). The van der Waals surface area contributed by atoms with E-state index in [-0.39, 0.29) is 11.8 Å². The van der Waals surface area contributed by atoms with Gasteiger partial charge in [-0.05, 0) is 54.7 Å². The van der Waals surface area contributed by atoms with E-state index < -0.39 is 0 Å². The number of carbonyl (C=O) groups is 2. The standard InChI is InChI=1S/C22H26N2O3/c1-15-6-4-9-21(16(15)2)27-13-11-22(26)24-12-10-19-18(14-24)7-5-8-20(19)23-17(3)25/h4-9H,10-14H2,1-3H3,(H,23,25). The molecule has 1 aliphatic rings. The smallest absolute Gasteiger partial charge is 0.226 e. The van der Waals surface area contributed by atoms with Crippen LogP contribution in [0.4, 0.5) is 5.69 Å². The Morgan fingerprint density at radius 2 is 1.93 bits per heavy atom. The zero-order valence-electron chi connectivity index (χ0n) is 16.2. The summed E-state index contributed by atoms with van der Waals surface area (Å²) in [5.41, 5.74) is 5.37. The van der Waals surface area contributed by atoms with Gasteiger partial charge in [0.25, 0.3) is 0 Å². The van der Waals surface area contributed by atoms with Crippen LogP contribution >= 0.6 is 0 Å². The molecule has 0 saturated heterocycles. The zero-order chi connectivity index (χ0) is 19.4. The molecule has 0 radical (unpaired) electrons. The SMILES string of the molecule is CC(=O)Nc1cccc2c1CCN(C(=O)CCOc1cccc(C)c1C)C2. The first kappa shape index (κ1) is 19.0. The molecule has 0 unspecified atom stereocenters. The highest BCUT2D eigenvalue weighted by Crippen LogP contribution is 2.27. The van der Waals surface area contributed by atoms with E-state index >= 15 is 0 Å². The van der Waals surface area contributed by atoms with Crippen molar-refractivity contribution in [3.05, 3.63) is 58.7 Å². The molecule has 2 aromatic carbocycles. The van der Waals surface area contributed by atoms with Crippen LogP contribution in [0.2, 0.25) is 0 Å². The van der Waals surface area contributed by atoms with Crippen molar-refractivity contribution < 1.29 is 14.3 Å². The Balaban J connectivity index is 1.58. The fourth-order valence-electron chi connectivity index (χ4n) is 3.42. The highest BCUT2D eigenvalue weighted by atomic mass is 16.5. The predicted octanol–water partition coefficient (Wildman–Crippen LogP) is 3.62. The maximum absolute atomic E-state index is 12.6. The number of anilines is 1. The first-order valence-electron chi connectivity index (χ1n) is 9.31. The average molecular weight is 366 g/mol. The summed E-state index contributed by atoms with van der Waals surface area (Å²) in [4.78, 5) is 25.8. The number of aryl methyl sites for hydroxylation is 1. The lowest BCUT2D eigenvalue weighted by Crippen LogP contribution is -2.37. The minimum Gasteiger partial charge on any atom is -0.493 e. The summed E-state index contributed by atoms with van der Waals surface area (Å²) in [5, 5.41) is 2.88. The highest BCUT2D eigenvalue weighted by Gasteiger charge is 2.22. The van der Waals surface area contributed by atoms with E-state index in [0.717, 1.165) is 34.5 Å². The number of amides is 2. The molecule has 142 valence electrons. The first-order chi connectivity index (χ1) is 13.0. The molecule has 2 amide bonds. The van der Waals surface area contributed by atoms with Crippen molar-refractivity contribution in [3.63, 3.8) is 0 Å². The third kappa shape index (κ3) is 4.48. The van der Waals surface area contributed by atoms with Crippen molar-refractivity contribution in [1.29, 1.82) is 0 Å². The predicted molar refractivity (Wildman–Crippen MR) is 106 cm³/mol. The van der Waals surface area contributed by atoms with Gasteiger partial charge < -0.3 is 15.0 Å². The van der Waals surface area contributed by atoms with Crippen LogP contribution in [0.5, 0.6) is 5.75 Å². The summed E-state index contributed by atoms with van der Waals surface area (Å²) in [6, 6.07) is 11.8. The van der Waals surface area contributed by atoms with Gasteiger partial charge in [0.15, 0.2) is 0 Å². The molecule has 5 nitrogen and oxygen atoms in total. The Bertz CT molecular complexity index is 861. The Kier molecular flexibility index (Phi) is 5.79. The molecule has 5 heteroatoms. The summed E-state index contributed by atoms with van der Waals surface area (Å²) in [7, 11) is 0. The van der Waals surface area contributed by atoms with Crippen molar-refractivity contribution in [3.8, 4) is 5.75 Å². The van der Waals surface area contributed by atoms with Crippen molar-refractivity contribution >= 4 is 17.5 Å². The maximum Gasteiger partial charge on any atom is 0.226 e. The van der Waals surface area contributed by atoms with Crippen molar-refractivity contribution in [2.75, 3.05) is 18.5 Å². The fraction of sp³-hybridized carbons (Fsp3) is 0.364. The highest BCUT2D eigenvalue weighted by molar-refractivity contribution is 5.90. The topological polar surface area (TPSA) is 58.6 Å². The molecule has 27 heavy (non-hydrogen) atoms. The number of hydrogen-bond donors (Lipinski definition) is 1. The summed E-state index contributed by atoms with van der Waals surface area (Å²) < 4.78 is 5.82. The van der Waals surface area contributed by atoms with Gasteiger partial charge in [-0.25, -0.2) is 0 Å². The second-order valence-electron chi connectivity index (χ2n) is 6.99. The van der Waals surface area contributed by atoms with Crippen LogP contribution in [0.15, 0.2) is 36.4 Å². The van der Waals surface area contributed by atoms with Gasteiger partial charge in [-0.2, -0.15) is 0 Å². The molecule has 0 atom stereocenters. The van der Waals surface area contributed by atoms with Gasteiger partial charge in [0.05, 0.1) is 13.0 Å². The molecule has 0 spiro atoms. The van der Waals surface area contributed by atoms with Crippen molar-refractivity contribution in [2.24, 2.45) is 0 Å². The normalized spacial score (nSPS) is 13.1. The minimum atomic E-state index is -0.0782. The minimum absolute atomic E-state index is 0.0782. The van der Waals surface area contributed by atoms with Gasteiger partial charge in [-0.3, -0.25) is 9.59 Å². The molecule has 1 aliphatic heterocycles. The van der Waals surface area contributed by atoms with E-state index in [4.69, 9.17) is 4.74 Å². The number of carbonyl (C=O) groups excluding carboxylic acids is 2. The average Bonchev–Trinajstić information content (AvgIpc) is 2.64. The molecule has 1 heterocycles. The number of nitrogens with one attached hydrogen (secondary N) is 1. The lowest BCUT2D eigenvalue weighted by Gasteiger charge is -2.30. The van der Waals surface area contributed by atoms with Crippen LogP contribution in [0.3, 0.4) is 0 Å². The van der Waals surface area contributed by atoms with Gasteiger partial charge in [0.2, 0.25) is 11.8 Å². The van der Waals surface area contributed by atoms with E-state index in [2.05, 4.69) is 5.32 Å². The van der Waals surface area contributed by atoms with Crippen LogP contribution in [0.25, 0.3) is 0 Å². The van der Waals surface area contributed by atoms with E-state index in [1.807, 2.05) is 55.1 Å². The van der Waals surface area contributed by atoms with Crippen LogP contribution in [0.1, 0.15) is 35.6 Å². The largest absolute Gasteiger partial charge is 0.493 e. The molecular weight excluding hydrogens is 340 g/mol. The van der Waals surface area contributed by atoms with Crippen LogP contribution < -0.4 is 10.1 Å². The molecule has 0 aromatic heterocycles. The van der Waals surface area contributed by atoms with Gasteiger partial charge in [0.1, 0.15) is 5.75 Å². The van der Waals surface area contributed by atoms with Crippen LogP contribution in [-0.4, -0.2) is 29.9 Å². The Morgan fingerprint density at radius 1 is 1.15 bits per heavy atom. The van der Waals surface area contributed by atoms with E-state index in [1.54, 1.807) is 0 Å². The number of nitrogens with zero attached hydrogens (tertiary/aromatic N) is 1. The number of rotatable bonds is 5. The lowest BCUT2D eigenvalue weighted by molar-refractivity contribution is -0.132. The monoisotopic (exact) mass is 366 g/mol. The number of benzene rings is 2. The molecule has 2 aromatic rings. The lowest BCUT2D eigenvalue weighted by atomic mass is 9.97. The zero-order valence-corrected chi connectivity index (χ0v) is 16.2. The van der Waals surface area contributed by atoms with Crippen LogP contribution in [-0.2, 0) is 22.6 Å². The molecule has 0 bridgehead atoms. The number of hydrogen-bond acceptors (Lipinski definition) is 3. The summed E-state index contributed by atoms with van der Waals surface area (Å²) in [6.07, 6.45) is 1.10. The van der Waals surface area contributed by atoms with E-state index in [1.165, 1.54) is 12.5 Å². The number of fused-ring (bicyclic) bond motifs is 1. The van der Waals surface area contributed by atoms with E-state index in [0.29, 0.717) is 26.1 Å². The molecule has 0 fully saturated rings. The second kappa shape index (κ2) is 8.25. The third-order valence-corrected chi connectivity index (χ3v) is 5.06. The second-order valence-corrected chi connectivity index (χ2v) is 6.99. The number of ether oxygens (including phenoxy) is 1. The van der Waals surface area contributed by atoms with Crippen molar-refractivity contribution in [1.82, 2.24) is 4.90 Å². The van der Waals surface area contributed by atoms with Gasteiger partial charge in [-0.15, -0.1) is 0 Å². The molecule has 1 N–H and O–H groups in total. The molecule has 0 aliphatic carbocycles. The van der Waals surface area contributed by atoms with Crippen LogP contribution in [0, 0.1) is 13.8 Å². The van der Waals surface area contributed by atoms with Gasteiger partial charge in [-0.1, -0.05) is 24.3 Å². The van der Waals surface area contributed by atoms with Gasteiger partial charge >= 0.3 is 0 Å². The van der Waals surface area contributed by atoms with Crippen molar-refractivity contribution in [2.45, 2.75) is 40.2 Å². The quantitative estimate of drug-likeness (QED) is 0.879. The molecular formula is C22H26N2O3.